The standard InChI is InChI=1S/C32H39N5O5/c1-6-41-29(42-7-2)21-37-27-11-9-8-10-26(27)32(30(37)39,35-31(40)34-24-14-12-22(3)13-15-24)20-28(38)33-23-16-18-25(19-17-23)36(4)5/h8-19,29H,6-7,20-21H2,1-5H3,(H,33,38)(H2,34,35,40). The number of rotatable bonds is 12. The molecule has 42 heavy (non-hydrogen) atoms. The van der Waals surface area contributed by atoms with E-state index in [-0.39, 0.29) is 13.0 Å². The molecule has 1 unspecified atom stereocenters. The molecule has 3 aromatic rings. The number of fused-ring (bicyclic) bond motifs is 1. The molecule has 10 heteroatoms. The van der Waals surface area contributed by atoms with E-state index < -0.39 is 29.7 Å². The Morgan fingerprint density at radius 3 is 2.10 bits per heavy atom. The molecule has 0 saturated carbocycles. The van der Waals surface area contributed by atoms with Crippen LogP contribution in [0, 0.1) is 6.92 Å². The minimum absolute atomic E-state index is 0.0914. The first-order chi connectivity index (χ1) is 20.2. The van der Waals surface area contributed by atoms with Crippen LogP contribution in [0.1, 0.15) is 31.4 Å². The summed E-state index contributed by atoms with van der Waals surface area (Å²) in [6, 6.07) is 21.2. The Balaban J connectivity index is 1.67. The SMILES string of the molecule is CCOC(CN1C(=O)C(CC(=O)Nc2ccc(N(C)C)cc2)(NC(=O)Nc2ccc(C)cc2)c2ccccc21)OCC. The van der Waals surface area contributed by atoms with E-state index in [0.29, 0.717) is 35.8 Å². The van der Waals surface area contributed by atoms with Crippen molar-refractivity contribution < 1.29 is 23.9 Å². The molecule has 4 amide bonds. The fourth-order valence-corrected chi connectivity index (χ4v) is 5.00. The highest BCUT2D eigenvalue weighted by Gasteiger charge is 2.53. The number of nitrogens with zero attached hydrogens (tertiary/aromatic N) is 2. The highest BCUT2D eigenvalue weighted by molar-refractivity contribution is 6.12. The van der Waals surface area contributed by atoms with E-state index in [9.17, 15) is 14.4 Å². The molecule has 4 rings (SSSR count). The third-order valence-electron chi connectivity index (χ3n) is 7.03. The van der Waals surface area contributed by atoms with Crippen molar-refractivity contribution in [2.45, 2.75) is 39.0 Å². The van der Waals surface area contributed by atoms with Crippen molar-refractivity contribution in [3.63, 3.8) is 0 Å². The van der Waals surface area contributed by atoms with Crippen LogP contribution in [0.15, 0.2) is 72.8 Å². The van der Waals surface area contributed by atoms with Crippen LogP contribution >= 0.6 is 0 Å². The number of amides is 4. The Hall–Kier alpha value is -4.41. The molecule has 0 bridgehead atoms. The normalized spacial score (nSPS) is 15.9. The van der Waals surface area contributed by atoms with Crippen LogP contribution in [0.25, 0.3) is 0 Å². The van der Waals surface area contributed by atoms with E-state index in [0.717, 1.165) is 11.3 Å². The van der Waals surface area contributed by atoms with Crippen LogP contribution in [-0.4, -0.2) is 58.0 Å². The maximum Gasteiger partial charge on any atom is 0.320 e. The second-order valence-corrected chi connectivity index (χ2v) is 10.3. The Morgan fingerprint density at radius 1 is 0.881 bits per heavy atom. The maximum atomic E-state index is 14.4. The van der Waals surface area contributed by atoms with Crippen molar-refractivity contribution in [2.75, 3.05) is 54.3 Å². The first-order valence-electron chi connectivity index (χ1n) is 14.0. The molecular formula is C32H39N5O5. The number of para-hydroxylation sites is 1. The number of hydrogen-bond acceptors (Lipinski definition) is 6. The van der Waals surface area contributed by atoms with Crippen molar-refractivity contribution in [1.29, 1.82) is 0 Å². The van der Waals surface area contributed by atoms with Crippen LogP contribution in [0.4, 0.5) is 27.5 Å². The lowest BCUT2D eigenvalue weighted by Gasteiger charge is -2.30. The van der Waals surface area contributed by atoms with Crippen LogP contribution in [-0.2, 0) is 24.6 Å². The molecule has 0 spiro atoms. The average Bonchev–Trinajstić information content (AvgIpc) is 3.17. The van der Waals surface area contributed by atoms with E-state index in [1.54, 1.807) is 42.5 Å². The van der Waals surface area contributed by atoms with E-state index in [4.69, 9.17) is 9.47 Å². The van der Waals surface area contributed by atoms with Gasteiger partial charge in [0, 0.05) is 49.9 Å². The minimum Gasteiger partial charge on any atom is -0.378 e. The van der Waals surface area contributed by atoms with Gasteiger partial charge < -0.3 is 35.2 Å². The van der Waals surface area contributed by atoms with Gasteiger partial charge in [-0.05, 0) is 63.2 Å². The third-order valence-corrected chi connectivity index (χ3v) is 7.03. The summed E-state index contributed by atoms with van der Waals surface area (Å²) in [5, 5.41) is 8.57. The largest absolute Gasteiger partial charge is 0.378 e. The highest BCUT2D eigenvalue weighted by Crippen LogP contribution is 2.43. The summed E-state index contributed by atoms with van der Waals surface area (Å²) < 4.78 is 11.5. The van der Waals surface area contributed by atoms with E-state index in [1.807, 2.05) is 70.1 Å². The van der Waals surface area contributed by atoms with Gasteiger partial charge in [-0.15, -0.1) is 0 Å². The second kappa shape index (κ2) is 13.5. The quantitative estimate of drug-likeness (QED) is 0.267. The molecule has 3 N–H and O–H groups in total. The lowest BCUT2D eigenvalue weighted by atomic mass is 9.87. The van der Waals surface area contributed by atoms with Gasteiger partial charge in [0.25, 0.3) is 5.91 Å². The van der Waals surface area contributed by atoms with Crippen molar-refractivity contribution in [3.8, 4) is 0 Å². The summed E-state index contributed by atoms with van der Waals surface area (Å²) in [6.07, 6.45) is -1.01. The van der Waals surface area contributed by atoms with Gasteiger partial charge in [0.05, 0.1) is 18.7 Å². The smallest absolute Gasteiger partial charge is 0.320 e. The van der Waals surface area contributed by atoms with Gasteiger partial charge in [0.1, 0.15) is 0 Å². The summed E-state index contributed by atoms with van der Waals surface area (Å²) >= 11 is 0. The van der Waals surface area contributed by atoms with E-state index >= 15 is 0 Å². The van der Waals surface area contributed by atoms with Crippen LogP contribution < -0.4 is 25.8 Å². The average molecular weight is 574 g/mol. The topological polar surface area (TPSA) is 112 Å². The van der Waals surface area contributed by atoms with Gasteiger partial charge in [0.15, 0.2) is 11.8 Å². The molecular weight excluding hydrogens is 534 g/mol. The Morgan fingerprint density at radius 2 is 1.48 bits per heavy atom. The van der Waals surface area contributed by atoms with Gasteiger partial charge in [-0.25, -0.2) is 4.79 Å². The highest BCUT2D eigenvalue weighted by atomic mass is 16.7. The van der Waals surface area contributed by atoms with Crippen molar-refractivity contribution in [2.24, 2.45) is 0 Å². The predicted molar refractivity (Wildman–Crippen MR) is 165 cm³/mol. The van der Waals surface area contributed by atoms with Gasteiger partial charge in [-0.1, -0.05) is 35.9 Å². The van der Waals surface area contributed by atoms with Gasteiger partial charge >= 0.3 is 6.03 Å². The van der Waals surface area contributed by atoms with Crippen LogP contribution in [0.2, 0.25) is 0 Å². The fourth-order valence-electron chi connectivity index (χ4n) is 5.00. The molecule has 0 aliphatic carbocycles. The monoisotopic (exact) mass is 573 g/mol. The Kier molecular flexibility index (Phi) is 9.82. The van der Waals surface area contributed by atoms with E-state index in [2.05, 4.69) is 16.0 Å². The number of aryl methyl sites for hydroxylation is 1. The third kappa shape index (κ3) is 6.89. The number of benzene rings is 3. The number of anilines is 4. The molecule has 1 heterocycles. The van der Waals surface area contributed by atoms with E-state index in [1.165, 1.54) is 4.90 Å². The summed E-state index contributed by atoms with van der Waals surface area (Å²) in [5.74, 6) is -0.885. The maximum absolute atomic E-state index is 14.4. The molecule has 1 aliphatic heterocycles. The predicted octanol–water partition coefficient (Wildman–Crippen LogP) is 4.85. The zero-order valence-corrected chi connectivity index (χ0v) is 24.8. The summed E-state index contributed by atoms with van der Waals surface area (Å²) in [5.41, 5.74) is 2.57. The molecule has 0 radical (unpaired) electrons. The molecule has 1 aliphatic rings. The number of nitrogens with one attached hydrogen (secondary N) is 3. The number of carbonyl (C=O) groups excluding carboxylic acids is 3. The fraction of sp³-hybridized carbons (Fsp3) is 0.344. The van der Waals surface area contributed by atoms with Crippen molar-refractivity contribution in [3.05, 3.63) is 83.9 Å². The Bertz CT molecular complexity index is 1390. The molecule has 222 valence electrons. The zero-order chi connectivity index (χ0) is 30.3. The molecule has 3 aromatic carbocycles. The number of hydrogen-bond donors (Lipinski definition) is 3. The lowest BCUT2D eigenvalue weighted by molar-refractivity contribution is -0.138. The molecule has 0 fully saturated rings. The van der Waals surface area contributed by atoms with Crippen molar-refractivity contribution in [1.82, 2.24) is 5.32 Å². The van der Waals surface area contributed by atoms with Crippen LogP contribution in [0.3, 0.4) is 0 Å². The Labute approximate surface area is 247 Å². The number of ether oxygens (including phenoxy) is 2. The molecule has 0 aromatic heterocycles. The van der Waals surface area contributed by atoms with Crippen LogP contribution in [0.5, 0.6) is 0 Å². The van der Waals surface area contributed by atoms with Crippen molar-refractivity contribution >= 4 is 40.6 Å². The van der Waals surface area contributed by atoms with Gasteiger partial charge in [-0.3, -0.25) is 9.59 Å². The lowest BCUT2D eigenvalue weighted by Crippen LogP contribution is -2.56. The number of carbonyl (C=O) groups is 3. The number of urea groups is 1. The zero-order valence-electron chi connectivity index (χ0n) is 24.8. The first-order valence-corrected chi connectivity index (χ1v) is 14.0. The minimum atomic E-state index is -1.68. The summed E-state index contributed by atoms with van der Waals surface area (Å²) in [7, 11) is 3.86. The summed E-state index contributed by atoms with van der Waals surface area (Å²) in [6.45, 7) is 6.53. The van der Waals surface area contributed by atoms with Gasteiger partial charge in [0.2, 0.25) is 5.91 Å². The molecule has 0 saturated heterocycles. The molecule has 10 nitrogen and oxygen atoms in total. The summed E-state index contributed by atoms with van der Waals surface area (Å²) in [4.78, 5) is 44.8. The van der Waals surface area contributed by atoms with Gasteiger partial charge in [-0.2, -0.15) is 0 Å². The second-order valence-electron chi connectivity index (χ2n) is 10.3. The molecule has 1 atom stereocenters. The first kappa shape index (κ1) is 30.5.